The molecule has 1 aromatic heterocycles. The molecule has 1 atom stereocenters. The number of hydrogen-bond acceptors (Lipinski definition) is 4. The highest BCUT2D eigenvalue weighted by Gasteiger charge is 2.25. The summed E-state index contributed by atoms with van der Waals surface area (Å²) < 4.78 is 0. The standard InChI is InChI=1S/C12H18N4O/c1-9-5-6-14-12(15-9)16-7-3-2-4-10(16)8-11(13)17/h5-6,10H,2-4,7-8H2,1H3,(H2,13,17). The van der Waals surface area contributed by atoms with Gasteiger partial charge in [-0.25, -0.2) is 9.97 Å². The van der Waals surface area contributed by atoms with Gasteiger partial charge in [-0.15, -0.1) is 0 Å². The minimum absolute atomic E-state index is 0.156. The van der Waals surface area contributed by atoms with Crippen LogP contribution in [0.5, 0.6) is 0 Å². The van der Waals surface area contributed by atoms with Crippen LogP contribution in [0, 0.1) is 6.92 Å². The minimum atomic E-state index is -0.255. The van der Waals surface area contributed by atoms with Crippen molar-refractivity contribution in [2.45, 2.75) is 38.6 Å². The summed E-state index contributed by atoms with van der Waals surface area (Å²) in [6, 6.07) is 2.03. The second kappa shape index (κ2) is 5.12. The Labute approximate surface area is 101 Å². The molecule has 1 aliphatic heterocycles. The smallest absolute Gasteiger partial charge is 0.225 e. The van der Waals surface area contributed by atoms with Crippen molar-refractivity contribution < 1.29 is 4.79 Å². The largest absolute Gasteiger partial charge is 0.370 e. The molecule has 1 fully saturated rings. The molecule has 0 aromatic carbocycles. The number of carbonyl (C=O) groups excluding carboxylic acids is 1. The third-order valence-corrected chi connectivity index (χ3v) is 3.10. The van der Waals surface area contributed by atoms with Gasteiger partial charge in [0.25, 0.3) is 0 Å². The Kier molecular flexibility index (Phi) is 3.56. The van der Waals surface area contributed by atoms with Gasteiger partial charge < -0.3 is 10.6 Å². The number of amides is 1. The molecule has 0 aliphatic carbocycles. The molecular formula is C12H18N4O. The Hall–Kier alpha value is -1.65. The Morgan fingerprint density at radius 2 is 2.41 bits per heavy atom. The molecule has 2 heterocycles. The SMILES string of the molecule is Cc1ccnc(N2CCCCC2CC(N)=O)n1. The van der Waals surface area contributed by atoms with Gasteiger partial charge >= 0.3 is 0 Å². The Bertz CT molecular complexity index is 407. The lowest BCUT2D eigenvalue weighted by molar-refractivity contribution is -0.118. The Morgan fingerprint density at radius 3 is 3.12 bits per heavy atom. The molecule has 1 aromatic rings. The highest BCUT2D eigenvalue weighted by molar-refractivity contribution is 5.75. The molecule has 1 aliphatic rings. The van der Waals surface area contributed by atoms with Crippen LogP contribution < -0.4 is 10.6 Å². The van der Waals surface area contributed by atoms with Crippen LogP contribution in [0.25, 0.3) is 0 Å². The quantitative estimate of drug-likeness (QED) is 0.847. The highest BCUT2D eigenvalue weighted by atomic mass is 16.1. The predicted molar refractivity (Wildman–Crippen MR) is 65.6 cm³/mol. The summed E-state index contributed by atoms with van der Waals surface area (Å²) in [6.45, 7) is 2.85. The van der Waals surface area contributed by atoms with E-state index in [1.165, 1.54) is 0 Å². The maximum Gasteiger partial charge on any atom is 0.225 e. The first kappa shape index (κ1) is 11.8. The molecular weight excluding hydrogens is 216 g/mol. The lowest BCUT2D eigenvalue weighted by atomic mass is 9.99. The summed E-state index contributed by atoms with van der Waals surface area (Å²) >= 11 is 0. The van der Waals surface area contributed by atoms with E-state index < -0.39 is 0 Å². The monoisotopic (exact) mass is 234 g/mol. The fourth-order valence-electron chi connectivity index (χ4n) is 2.28. The average Bonchev–Trinajstić information content (AvgIpc) is 2.29. The lowest BCUT2D eigenvalue weighted by Crippen LogP contribution is -2.43. The molecule has 0 bridgehead atoms. The van der Waals surface area contributed by atoms with E-state index in [-0.39, 0.29) is 11.9 Å². The van der Waals surface area contributed by atoms with Crippen molar-refractivity contribution in [2.75, 3.05) is 11.4 Å². The molecule has 2 N–H and O–H groups in total. The van der Waals surface area contributed by atoms with Gasteiger partial charge in [0.1, 0.15) is 0 Å². The molecule has 0 spiro atoms. The first-order valence-corrected chi connectivity index (χ1v) is 6.01. The molecule has 1 amide bonds. The van der Waals surface area contributed by atoms with Crippen molar-refractivity contribution in [1.29, 1.82) is 0 Å². The van der Waals surface area contributed by atoms with Crippen LogP contribution in [0.15, 0.2) is 12.3 Å². The van der Waals surface area contributed by atoms with Crippen molar-refractivity contribution in [3.05, 3.63) is 18.0 Å². The van der Waals surface area contributed by atoms with Gasteiger partial charge in [0.15, 0.2) is 0 Å². The molecule has 1 saturated heterocycles. The highest BCUT2D eigenvalue weighted by Crippen LogP contribution is 2.23. The summed E-state index contributed by atoms with van der Waals surface area (Å²) in [7, 11) is 0. The number of hydrogen-bond donors (Lipinski definition) is 1. The fraction of sp³-hybridized carbons (Fsp3) is 0.583. The number of nitrogens with zero attached hydrogens (tertiary/aromatic N) is 3. The van der Waals surface area contributed by atoms with Gasteiger partial charge in [0.05, 0.1) is 0 Å². The molecule has 5 heteroatoms. The van der Waals surface area contributed by atoms with Gasteiger partial charge in [0.2, 0.25) is 11.9 Å². The maximum absolute atomic E-state index is 11.1. The van der Waals surface area contributed by atoms with E-state index in [0.29, 0.717) is 6.42 Å². The summed E-state index contributed by atoms with van der Waals surface area (Å²) in [6.07, 6.45) is 5.39. The molecule has 17 heavy (non-hydrogen) atoms. The van der Waals surface area contributed by atoms with E-state index in [9.17, 15) is 4.79 Å². The molecule has 5 nitrogen and oxygen atoms in total. The number of aryl methyl sites for hydroxylation is 1. The van der Waals surface area contributed by atoms with Crippen LogP contribution in [-0.4, -0.2) is 28.5 Å². The molecule has 92 valence electrons. The topological polar surface area (TPSA) is 72.1 Å². The van der Waals surface area contributed by atoms with Gasteiger partial charge in [-0.1, -0.05) is 0 Å². The number of anilines is 1. The van der Waals surface area contributed by atoms with E-state index in [2.05, 4.69) is 14.9 Å². The van der Waals surface area contributed by atoms with Crippen LogP contribution in [-0.2, 0) is 4.79 Å². The molecule has 0 radical (unpaired) electrons. The summed E-state index contributed by atoms with van der Waals surface area (Å²) in [4.78, 5) is 21.9. The van der Waals surface area contributed by atoms with Gasteiger partial charge in [-0.05, 0) is 32.3 Å². The molecule has 1 unspecified atom stereocenters. The number of rotatable bonds is 3. The second-order valence-electron chi connectivity index (χ2n) is 4.51. The van der Waals surface area contributed by atoms with Crippen molar-refractivity contribution in [2.24, 2.45) is 5.73 Å². The zero-order chi connectivity index (χ0) is 12.3. The third-order valence-electron chi connectivity index (χ3n) is 3.10. The normalized spacial score (nSPS) is 20.3. The van der Waals surface area contributed by atoms with Crippen LogP contribution in [0.1, 0.15) is 31.4 Å². The van der Waals surface area contributed by atoms with Crippen molar-refractivity contribution in [3.63, 3.8) is 0 Å². The summed E-state index contributed by atoms with van der Waals surface area (Å²) in [5.74, 6) is 0.463. The van der Waals surface area contributed by atoms with Crippen LogP contribution in [0.2, 0.25) is 0 Å². The van der Waals surface area contributed by atoms with E-state index in [1.807, 2.05) is 13.0 Å². The van der Waals surface area contributed by atoms with Gasteiger partial charge in [-0.3, -0.25) is 4.79 Å². The van der Waals surface area contributed by atoms with Crippen LogP contribution >= 0.6 is 0 Å². The first-order chi connectivity index (χ1) is 8.16. The zero-order valence-electron chi connectivity index (χ0n) is 10.1. The van der Waals surface area contributed by atoms with Crippen molar-refractivity contribution in [1.82, 2.24) is 9.97 Å². The minimum Gasteiger partial charge on any atom is -0.370 e. The number of carbonyl (C=O) groups is 1. The summed E-state index contributed by atoms with van der Waals surface area (Å²) in [5, 5.41) is 0. The lowest BCUT2D eigenvalue weighted by Gasteiger charge is -2.35. The van der Waals surface area contributed by atoms with Gasteiger partial charge in [-0.2, -0.15) is 0 Å². The number of primary amides is 1. The Morgan fingerprint density at radius 1 is 1.59 bits per heavy atom. The predicted octanol–water partition coefficient (Wildman–Crippen LogP) is 1.02. The van der Waals surface area contributed by atoms with E-state index in [0.717, 1.165) is 37.4 Å². The average molecular weight is 234 g/mol. The number of nitrogens with two attached hydrogens (primary N) is 1. The van der Waals surface area contributed by atoms with Crippen LogP contribution in [0.3, 0.4) is 0 Å². The second-order valence-corrected chi connectivity index (χ2v) is 4.51. The molecule has 2 rings (SSSR count). The number of piperidine rings is 1. The van der Waals surface area contributed by atoms with Crippen LogP contribution in [0.4, 0.5) is 5.95 Å². The third kappa shape index (κ3) is 2.93. The van der Waals surface area contributed by atoms with Crippen molar-refractivity contribution >= 4 is 11.9 Å². The fourth-order valence-corrected chi connectivity index (χ4v) is 2.28. The summed E-state index contributed by atoms with van der Waals surface area (Å²) in [5.41, 5.74) is 6.23. The molecule has 0 saturated carbocycles. The maximum atomic E-state index is 11.1. The van der Waals surface area contributed by atoms with E-state index in [4.69, 9.17) is 5.73 Å². The first-order valence-electron chi connectivity index (χ1n) is 6.01. The van der Waals surface area contributed by atoms with E-state index in [1.54, 1.807) is 6.20 Å². The number of aromatic nitrogens is 2. The van der Waals surface area contributed by atoms with Gasteiger partial charge in [0, 0.05) is 30.9 Å². The zero-order valence-corrected chi connectivity index (χ0v) is 10.1. The van der Waals surface area contributed by atoms with Crippen molar-refractivity contribution in [3.8, 4) is 0 Å². The van der Waals surface area contributed by atoms with E-state index >= 15 is 0 Å². The Balaban J connectivity index is 2.18.